The molecule has 0 bridgehead atoms. The van der Waals surface area contributed by atoms with E-state index in [-0.39, 0.29) is 18.6 Å². The van der Waals surface area contributed by atoms with E-state index < -0.39 is 0 Å². The molecule has 0 radical (unpaired) electrons. The molecular formula is C15H17ClN2O2S. The van der Waals surface area contributed by atoms with Gasteiger partial charge in [0.25, 0.3) is 5.91 Å². The lowest BCUT2D eigenvalue weighted by Gasteiger charge is -2.12. The number of carbonyl (C=O) groups is 1. The molecular weight excluding hydrogens is 308 g/mol. The Labute approximate surface area is 133 Å². The van der Waals surface area contributed by atoms with E-state index in [9.17, 15) is 4.79 Å². The Hall–Kier alpha value is -1.59. The zero-order valence-electron chi connectivity index (χ0n) is 11.9. The molecule has 0 aliphatic rings. The zero-order chi connectivity index (χ0) is 15.2. The largest absolute Gasteiger partial charge is 0.484 e. The van der Waals surface area contributed by atoms with Crippen LogP contribution in [-0.4, -0.2) is 17.5 Å². The van der Waals surface area contributed by atoms with Crippen LogP contribution in [0.5, 0.6) is 5.75 Å². The highest BCUT2D eigenvalue weighted by Gasteiger charge is 2.13. The van der Waals surface area contributed by atoms with Crippen LogP contribution < -0.4 is 10.1 Å². The first-order valence-corrected chi connectivity index (χ1v) is 7.96. The molecule has 0 saturated carbocycles. The monoisotopic (exact) mass is 324 g/mol. The van der Waals surface area contributed by atoms with Crippen LogP contribution in [0, 0.1) is 0 Å². The first-order valence-electron chi connectivity index (χ1n) is 6.70. The molecule has 0 aliphatic carbocycles. The molecule has 6 heteroatoms. The number of hydrogen-bond acceptors (Lipinski definition) is 4. The summed E-state index contributed by atoms with van der Waals surface area (Å²) < 4.78 is 5.40. The van der Waals surface area contributed by atoms with Crippen molar-refractivity contribution in [3.63, 3.8) is 0 Å². The second kappa shape index (κ2) is 7.43. The van der Waals surface area contributed by atoms with Gasteiger partial charge < -0.3 is 10.1 Å². The van der Waals surface area contributed by atoms with Gasteiger partial charge >= 0.3 is 0 Å². The SMILES string of the molecule is CCc1nc(C(C)NC(=O)COc2ccc(Cl)cc2)cs1. The predicted molar refractivity (Wildman–Crippen MR) is 85.0 cm³/mol. The summed E-state index contributed by atoms with van der Waals surface area (Å²) in [6, 6.07) is 6.78. The number of nitrogens with zero attached hydrogens (tertiary/aromatic N) is 1. The van der Waals surface area contributed by atoms with Gasteiger partial charge in [-0.3, -0.25) is 4.79 Å². The summed E-state index contributed by atoms with van der Waals surface area (Å²) in [6.07, 6.45) is 0.908. The number of benzene rings is 1. The Kier molecular flexibility index (Phi) is 5.59. The van der Waals surface area contributed by atoms with Crippen molar-refractivity contribution in [3.8, 4) is 5.75 Å². The molecule has 2 rings (SSSR count). The number of rotatable bonds is 6. The van der Waals surface area contributed by atoms with Crippen LogP contribution in [0.4, 0.5) is 0 Å². The van der Waals surface area contributed by atoms with Gasteiger partial charge in [0.05, 0.1) is 16.7 Å². The average molecular weight is 325 g/mol. The maximum Gasteiger partial charge on any atom is 0.258 e. The summed E-state index contributed by atoms with van der Waals surface area (Å²) >= 11 is 7.39. The maximum atomic E-state index is 11.9. The van der Waals surface area contributed by atoms with Crippen LogP contribution in [0.25, 0.3) is 0 Å². The second-order valence-corrected chi connectivity index (χ2v) is 5.93. The van der Waals surface area contributed by atoms with Gasteiger partial charge in [-0.05, 0) is 37.6 Å². The summed E-state index contributed by atoms with van der Waals surface area (Å²) in [5.41, 5.74) is 0.886. The van der Waals surface area contributed by atoms with Crippen molar-refractivity contribution < 1.29 is 9.53 Å². The highest BCUT2D eigenvalue weighted by molar-refractivity contribution is 7.09. The first-order chi connectivity index (χ1) is 10.1. The minimum Gasteiger partial charge on any atom is -0.484 e. The van der Waals surface area contributed by atoms with Crippen LogP contribution in [0.3, 0.4) is 0 Å². The van der Waals surface area contributed by atoms with Gasteiger partial charge in [-0.25, -0.2) is 4.98 Å². The third kappa shape index (κ3) is 4.72. The minimum absolute atomic E-state index is 0.0310. The quantitative estimate of drug-likeness (QED) is 0.883. The van der Waals surface area contributed by atoms with Crippen molar-refractivity contribution in [2.75, 3.05) is 6.61 Å². The maximum absolute atomic E-state index is 11.9. The topological polar surface area (TPSA) is 51.2 Å². The lowest BCUT2D eigenvalue weighted by molar-refractivity contribution is -0.123. The van der Waals surface area contributed by atoms with Crippen molar-refractivity contribution in [3.05, 3.63) is 45.4 Å². The zero-order valence-corrected chi connectivity index (χ0v) is 13.5. The van der Waals surface area contributed by atoms with Gasteiger partial charge in [-0.15, -0.1) is 11.3 Å². The van der Waals surface area contributed by atoms with Gasteiger partial charge in [-0.1, -0.05) is 18.5 Å². The fourth-order valence-electron chi connectivity index (χ4n) is 1.72. The molecule has 112 valence electrons. The summed E-state index contributed by atoms with van der Waals surface area (Å²) in [5, 5.41) is 6.55. The molecule has 1 N–H and O–H groups in total. The van der Waals surface area contributed by atoms with Crippen LogP contribution in [0.2, 0.25) is 5.02 Å². The van der Waals surface area contributed by atoms with Crippen LogP contribution in [0.15, 0.2) is 29.6 Å². The molecule has 1 atom stereocenters. The molecule has 4 nitrogen and oxygen atoms in total. The molecule has 0 saturated heterocycles. The van der Waals surface area contributed by atoms with Crippen molar-refractivity contribution in [2.24, 2.45) is 0 Å². The van der Waals surface area contributed by atoms with E-state index in [1.807, 2.05) is 12.3 Å². The van der Waals surface area contributed by atoms with Gasteiger partial charge in [0, 0.05) is 10.4 Å². The number of aromatic nitrogens is 1. The van der Waals surface area contributed by atoms with Gasteiger partial charge in [0.2, 0.25) is 0 Å². The Morgan fingerprint density at radius 3 is 2.76 bits per heavy atom. The van der Waals surface area contributed by atoms with E-state index in [4.69, 9.17) is 16.3 Å². The molecule has 1 unspecified atom stereocenters. The number of carbonyl (C=O) groups excluding carboxylic acids is 1. The van der Waals surface area contributed by atoms with E-state index in [0.717, 1.165) is 17.1 Å². The van der Waals surface area contributed by atoms with Crippen molar-refractivity contribution in [1.82, 2.24) is 10.3 Å². The molecule has 2 aromatic rings. The molecule has 1 aromatic heterocycles. The number of aryl methyl sites for hydroxylation is 1. The molecule has 0 aliphatic heterocycles. The van der Waals surface area contributed by atoms with E-state index >= 15 is 0 Å². The van der Waals surface area contributed by atoms with Crippen molar-refractivity contribution in [2.45, 2.75) is 26.3 Å². The molecule has 0 fully saturated rings. The molecule has 1 heterocycles. The predicted octanol–water partition coefficient (Wildman–Crippen LogP) is 3.62. The van der Waals surface area contributed by atoms with Crippen LogP contribution >= 0.6 is 22.9 Å². The molecule has 21 heavy (non-hydrogen) atoms. The number of halogens is 1. The summed E-state index contributed by atoms with van der Waals surface area (Å²) in [7, 11) is 0. The average Bonchev–Trinajstić information content (AvgIpc) is 2.96. The first kappa shape index (κ1) is 15.8. The van der Waals surface area contributed by atoms with E-state index in [1.165, 1.54) is 0 Å². The molecule has 1 aromatic carbocycles. The van der Waals surface area contributed by atoms with Gasteiger partial charge in [0.15, 0.2) is 6.61 Å². The normalized spacial score (nSPS) is 12.0. The van der Waals surface area contributed by atoms with E-state index in [2.05, 4.69) is 17.2 Å². The minimum atomic E-state index is -0.177. The third-order valence-corrected chi connectivity index (χ3v) is 4.14. The Morgan fingerprint density at radius 1 is 1.43 bits per heavy atom. The number of nitrogens with one attached hydrogen (secondary N) is 1. The summed E-state index contributed by atoms with van der Waals surface area (Å²) in [4.78, 5) is 16.3. The van der Waals surface area contributed by atoms with Gasteiger partial charge in [0.1, 0.15) is 5.75 Å². The number of thiazole rings is 1. The lowest BCUT2D eigenvalue weighted by Crippen LogP contribution is -2.31. The fraction of sp³-hybridized carbons (Fsp3) is 0.333. The van der Waals surface area contributed by atoms with Gasteiger partial charge in [-0.2, -0.15) is 0 Å². The summed E-state index contributed by atoms with van der Waals surface area (Å²) in [5.74, 6) is 0.438. The fourth-order valence-corrected chi connectivity index (χ4v) is 2.69. The lowest BCUT2D eigenvalue weighted by atomic mass is 10.2. The van der Waals surface area contributed by atoms with Crippen LogP contribution in [-0.2, 0) is 11.2 Å². The molecule has 1 amide bonds. The highest BCUT2D eigenvalue weighted by atomic mass is 35.5. The Morgan fingerprint density at radius 2 is 2.14 bits per heavy atom. The van der Waals surface area contributed by atoms with E-state index in [1.54, 1.807) is 35.6 Å². The summed E-state index contributed by atoms with van der Waals surface area (Å²) in [6.45, 7) is 3.94. The number of amides is 1. The Bertz CT molecular complexity index is 598. The molecule has 0 spiro atoms. The standard InChI is InChI=1S/C15H17ClN2O2S/c1-3-15-18-13(9-21-15)10(2)17-14(19)8-20-12-6-4-11(16)5-7-12/h4-7,9-10H,3,8H2,1-2H3,(H,17,19). The van der Waals surface area contributed by atoms with Crippen molar-refractivity contribution >= 4 is 28.8 Å². The Balaban J connectivity index is 1.82. The number of ether oxygens (including phenoxy) is 1. The smallest absolute Gasteiger partial charge is 0.258 e. The highest BCUT2D eigenvalue weighted by Crippen LogP contribution is 2.17. The van der Waals surface area contributed by atoms with Crippen molar-refractivity contribution in [1.29, 1.82) is 0 Å². The van der Waals surface area contributed by atoms with Crippen LogP contribution in [0.1, 0.15) is 30.6 Å². The second-order valence-electron chi connectivity index (χ2n) is 4.55. The third-order valence-electron chi connectivity index (χ3n) is 2.88. The van der Waals surface area contributed by atoms with E-state index in [0.29, 0.717) is 10.8 Å². The number of hydrogen-bond donors (Lipinski definition) is 1.